The molecule has 3 aromatic rings. The summed E-state index contributed by atoms with van der Waals surface area (Å²) < 4.78 is 0. The molecule has 0 aliphatic heterocycles. The lowest BCUT2D eigenvalue weighted by Gasteiger charge is -2.16. The van der Waals surface area contributed by atoms with Gasteiger partial charge in [-0.2, -0.15) is 0 Å². The maximum atomic E-state index is 2.30. The summed E-state index contributed by atoms with van der Waals surface area (Å²) in [7, 11) is 0. The molecule has 0 fully saturated rings. The van der Waals surface area contributed by atoms with E-state index in [2.05, 4.69) is 184 Å². The zero-order chi connectivity index (χ0) is 29.8. The Labute approximate surface area is 257 Å². The fourth-order valence-corrected chi connectivity index (χ4v) is 5.07. The molecule has 0 aromatic heterocycles. The van der Waals surface area contributed by atoms with Gasteiger partial charge in [-0.15, -0.1) is 0 Å². The van der Waals surface area contributed by atoms with Crippen LogP contribution >= 0.6 is 0 Å². The summed E-state index contributed by atoms with van der Waals surface area (Å²) in [5.41, 5.74) is 8.28. The summed E-state index contributed by atoms with van der Waals surface area (Å²) in [5.74, 6) is 0.597. The second-order valence-corrected chi connectivity index (χ2v) is 13.8. The molecule has 42 heavy (non-hydrogen) atoms. The van der Waals surface area contributed by atoms with Crippen LogP contribution in [-0.4, -0.2) is 0 Å². The maximum absolute atomic E-state index is 2.30. The SMILES string of the molecule is C.CC1(C)C=Cc2ccc3c(c2C=C1)C=CC(C)(C)C=C3.Cc1c(/C=C\C(C)(C)/C=C\C(C)C)ccc2ccccc12. The second-order valence-electron chi connectivity index (χ2n) is 13.8. The first-order valence-electron chi connectivity index (χ1n) is 15.1. The number of hydrogen-bond donors (Lipinski definition) is 0. The zero-order valence-corrected chi connectivity index (χ0v) is 26.6. The minimum atomic E-state index is 0. The van der Waals surface area contributed by atoms with Crippen LogP contribution in [0.3, 0.4) is 0 Å². The van der Waals surface area contributed by atoms with Crippen LogP contribution in [0.15, 0.2) is 91.1 Å². The van der Waals surface area contributed by atoms with Gasteiger partial charge in [-0.05, 0) is 57.0 Å². The van der Waals surface area contributed by atoms with Crippen molar-refractivity contribution in [1.29, 1.82) is 0 Å². The number of allylic oxidation sites excluding steroid dienone is 7. The van der Waals surface area contributed by atoms with Gasteiger partial charge >= 0.3 is 0 Å². The van der Waals surface area contributed by atoms with Crippen molar-refractivity contribution in [2.75, 3.05) is 0 Å². The fourth-order valence-electron chi connectivity index (χ4n) is 5.07. The van der Waals surface area contributed by atoms with Crippen molar-refractivity contribution in [2.24, 2.45) is 22.2 Å². The van der Waals surface area contributed by atoms with E-state index in [9.17, 15) is 0 Å². The van der Waals surface area contributed by atoms with Gasteiger partial charge in [0.15, 0.2) is 0 Å². The van der Waals surface area contributed by atoms with Gasteiger partial charge in [-0.1, -0.05) is 184 Å². The third-order valence-electron chi connectivity index (χ3n) is 7.94. The van der Waals surface area contributed by atoms with Crippen molar-refractivity contribution >= 4 is 41.2 Å². The summed E-state index contributed by atoms with van der Waals surface area (Å²) >= 11 is 0. The lowest BCUT2D eigenvalue weighted by atomic mass is 9.89. The minimum Gasteiger partial charge on any atom is -0.0851 e. The van der Waals surface area contributed by atoms with Gasteiger partial charge in [0.1, 0.15) is 0 Å². The van der Waals surface area contributed by atoms with E-state index in [-0.39, 0.29) is 23.7 Å². The standard InChI is InChI=1S/C21H26.C20H22.CH4/c1-16(2)12-14-21(4,5)15-13-18-10-11-19-8-6-7-9-20(19)17(18)3;1-19(2)11-7-15-5-6-16-8-12-20(3,4)14-10-18(16)17(15)9-13-19;/h6-16H,1-5H3;5-14H,1-4H3;1H4/b14-12-,15-13-;;. The highest BCUT2D eigenvalue weighted by Gasteiger charge is 2.18. The van der Waals surface area contributed by atoms with Crippen LogP contribution in [0.5, 0.6) is 0 Å². The minimum absolute atomic E-state index is 0. The molecule has 5 rings (SSSR count). The molecule has 0 heterocycles. The summed E-state index contributed by atoms with van der Waals surface area (Å²) in [5, 5.41) is 2.65. The van der Waals surface area contributed by atoms with Crippen molar-refractivity contribution in [2.45, 2.75) is 69.7 Å². The Hall–Kier alpha value is -3.64. The topological polar surface area (TPSA) is 0 Å². The van der Waals surface area contributed by atoms with E-state index < -0.39 is 0 Å². The third-order valence-corrected chi connectivity index (χ3v) is 7.94. The molecule has 3 aromatic carbocycles. The second kappa shape index (κ2) is 13.1. The van der Waals surface area contributed by atoms with Crippen LogP contribution in [0.2, 0.25) is 0 Å². The molecule has 0 spiro atoms. The lowest BCUT2D eigenvalue weighted by Crippen LogP contribution is -2.02. The smallest absolute Gasteiger partial charge is 0.00111 e. The van der Waals surface area contributed by atoms with Crippen molar-refractivity contribution in [3.63, 3.8) is 0 Å². The number of hydrogen-bond acceptors (Lipinski definition) is 0. The molecule has 0 saturated carbocycles. The van der Waals surface area contributed by atoms with E-state index in [1.165, 1.54) is 44.2 Å². The van der Waals surface area contributed by atoms with E-state index in [0.717, 1.165) is 0 Å². The predicted molar refractivity (Wildman–Crippen MR) is 192 cm³/mol. The monoisotopic (exact) mass is 556 g/mol. The molecule has 0 heteroatoms. The quantitative estimate of drug-likeness (QED) is 0.280. The molecule has 220 valence electrons. The Morgan fingerprint density at radius 3 is 1.74 bits per heavy atom. The average molecular weight is 557 g/mol. The Balaban J connectivity index is 0.000000225. The molecule has 0 atom stereocenters. The maximum Gasteiger partial charge on any atom is 0.00111 e. The first-order chi connectivity index (χ1) is 19.3. The Morgan fingerprint density at radius 2 is 1.19 bits per heavy atom. The van der Waals surface area contributed by atoms with Crippen molar-refractivity contribution in [1.82, 2.24) is 0 Å². The number of rotatable bonds is 4. The molecular formula is C42H52. The largest absolute Gasteiger partial charge is 0.0851 e. The fraction of sp³-hybridized carbons (Fsp3) is 0.333. The van der Waals surface area contributed by atoms with Gasteiger partial charge in [-0.3, -0.25) is 0 Å². The van der Waals surface area contributed by atoms with Crippen LogP contribution in [0.4, 0.5) is 0 Å². The van der Waals surface area contributed by atoms with E-state index in [1.54, 1.807) is 0 Å². The van der Waals surface area contributed by atoms with Crippen LogP contribution in [0.1, 0.15) is 96.2 Å². The molecular weight excluding hydrogens is 504 g/mol. The van der Waals surface area contributed by atoms with Gasteiger partial charge in [0, 0.05) is 16.2 Å². The van der Waals surface area contributed by atoms with Gasteiger partial charge in [0.2, 0.25) is 0 Å². The summed E-state index contributed by atoms with van der Waals surface area (Å²) in [6, 6.07) is 17.5. The predicted octanol–water partition coefficient (Wildman–Crippen LogP) is 12.9. The average Bonchev–Trinajstić information content (AvgIpc) is 3.18. The van der Waals surface area contributed by atoms with Crippen LogP contribution in [-0.2, 0) is 0 Å². The lowest BCUT2D eigenvalue weighted by molar-refractivity contribution is 0.620. The van der Waals surface area contributed by atoms with Crippen molar-refractivity contribution in [3.8, 4) is 0 Å². The summed E-state index contributed by atoms with van der Waals surface area (Å²) in [4.78, 5) is 0. The number of benzene rings is 3. The highest BCUT2D eigenvalue weighted by atomic mass is 14.2. The Morgan fingerprint density at radius 1 is 0.667 bits per heavy atom. The molecule has 0 saturated heterocycles. The molecule has 2 aliphatic carbocycles. The van der Waals surface area contributed by atoms with Crippen LogP contribution in [0.25, 0.3) is 41.2 Å². The molecule has 0 bridgehead atoms. The zero-order valence-electron chi connectivity index (χ0n) is 26.6. The first-order valence-corrected chi connectivity index (χ1v) is 15.1. The van der Waals surface area contributed by atoms with Gasteiger partial charge in [0.25, 0.3) is 0 Å². The molecule has 0 radical (unpaired) electrons. The van der Waals surface area contributed by atoms with Crippen LogP contribution < -0.4 is 0 Å². The number of aryl methyl sites for hydroxylation is 1. The van der Waals surface area contributed by atoms with Crippen molar-refractivity contribution < 1.29 is 0 Å². The molecule has 2 aliphatic rings. The highest BCUT2D eigenvalue weighted by molar-refractivity contribution is 5.88. The Kier molecular flexibility index (Phi) is 10.3. The van der Waals surface area contributed by atoms with E-state index in [1.807, 2.05) is 0 Å². The summed E-state index contributed by atoms with van der Waals surface area (Å²) in [6.45, 7) is 20.1. The van der Waals surface area contributed by atoms with E-state index >= 15 is 0 Å². The van der Waals surface area contributed by atoms with Gasteiger partial charge in [0.05, 0.1) is 0 Å². The first kappa shape index (κ1) is 32.9. The molecule has 0 nitrogen and oxygen atoms in total. The molecule has 0 unspecified atom stereocenters. The third kappa shape index (κ3) is 8.45. The normalized spacial score (nSPS) is 16.5. The van der Waals surface area contributed by atoms with E-state index in [4.69, 9.17) is 0 Å². The van der Waals surface area contributed by atoms with E-state index in [0.29, 0.717) is 5.92 Å². The highest BCUT2D eigenvalue weighted by Crippen LogP contribution is 2.35. The van der Waals surface area contributed by atoms with Crippen LogP contribution in [0, 0.1) is 29.1 Å². The Bertz CT molecular complexity index is 1510. The number of fused-ring (bicyclic) bond motifs is 4. The van der Waals surface area contributed by atoms with Gasteiger partial charge in [-0.25, -0.2) is 0 Å². The van der Waals surface area contributed by atoms with Crippen molar-refractivity contribution in [3.05, 3.63) is 124 Å². The molecule has 0 N–H and O–H groups in total. The summed E-state index contributed by atoms with van der Waals surface area (Å²) in [6.07, 6.45) is 27.3. The van der Waals surface area contributed by atoms with Gasteiger partial charge < -0.3 is 0 Å². The molecule has 0 amide bonds.